The molecule has 0 spiro atoms. The standard InChI is InChI=1S/C10H6BrIN2O2/c11-7-5-6(12)1-2-9(7)14-4-3-8(13-14)10(15)16/h1-5H,(H,15,16). The normalized spacial score (nSPS) is 10.4. The van der Waals surface area contributed by atoms with Crippen LogP contribution in [0.2, 0.25) is 0 Å². The second kappa shape index (κ2) is 4.54. The van der Waals surface area contributed by atoms with Crippen LogP contribution in [0, 0.1) is 3.57 Å². The van der Waals surface area contributed by atoms with Crippen LogP contribution in [0.4, 0.5) is 0 Å². The molecule has 0 saturated carbocycles. The number of halogens is 2. The molecule has 16 heavy (non-hydrogen) atoms. The maximum absolute atomic E-state index is 10.7. The van der Waals surface area contributed by atoms with Crippen LogP contribution in [-0.2, 0) is 0 Å². The summed E-state index contributed by atoms with van der Waals surface area (Å²) in [6, 6.07) is 7.22. The minimum atomic E-state index is -1.03. The first-order valence-electron chi connectivity index (χ1n) is 4.32. The molecule has 0 bridgehead atoms. The van der Waals surface area contributed by atoms with Gasteiger partial charge in [-0.05, 0) is 62.8 Å². The third kappa shape index (κ3) is 2.27. The number of carbonyl (C=O) groups is 1. The lowest BCUT2D eigenvalue weighted by Gasteiger charge is -2.04. The Morgan fingerprint density at radius 1 is 1.44 bits per heavy atom. The van der Waals surface area contributed by atoms with E-state index in [1.165, 1.54) is 10.7 Å². The first kappa shape index (κ1) is 11.6. The van der Waals surface area contributed by atoms with E-state index in [-0.39, 0.29) is 5.69 Å². The summed E-state index contributed by atoms with van der Waals surface area (Å²) in [5, 5.41) is 12.7. The van der Waals surface area contributed by atoms with Crippen molar-refractivity contribution in [3.05, 3.63) is 44.2 Å². The van der Waals surface area contributed by atoms with E-state index < -0.39 is 5.97 Å². The number of rotatable bonds is 2. The average Bonchev–Trinajstić information content (AvgIpc) is 2.66. The molecule has 2 rings (SSSR count). The number of benzene rings is 1. The van der Waals surface area contributed by atoms with Gasteiger partial charge in [-0.2, -0.15) is 5.10 Å². The first-order chi connectivity index (χ1) is 7.58. The van der Waals surface area contributed by atoms with Gasteiger partial charge in [0.25, 0.3) is 0 Å². The van der Waals surface area contributed by atoms with Gasteiger partial charge >= 0.3 is 5.97 Å². The zero-order chi connectivity index (χ0) is 11.7. The van der Waals surface area contributed by atoms with E-state index in [1.54, 1.807) is 6.20 Å². The second-order valence-corrected chi connectivity index (χ2v) is 5.15. The molecule has 1 aromatic carbocycles. The van der Waals surface area contributed by atoms with Crippen molar-refractivity contribution < 1.29 is 9.90 Å². The largest absolute Gasteiger partial charge is 0.476 e. The van der Waals surface area contributed by atoms with E-state index in [4.69, 9.17) is 5.11 Å². The molecule has 0 aliphatic carbocycles. The summed E-state index contributed by atoms with van der Waals surface area (Å²) in [5.41, 5.74) is 0.846. The second-order valence-electron chi connectivity index (χ2n) is 3.05. The van der Waals surface area contributed by atoms with Crippen LogP contribution < -0.4 is 0 Å². The highest BCUT2D eigenvalue weighted by Crippen LogP contribution is 2.22. The molecule has 0 aliphatic heterocycles. The van der Waals surface area contributed by atoms with Gasteiger partial charge in [0.1, 0.15) is 0 Å². The number of carboxylic acid groups (broad SMARTS) is 1. The van der Waals surface area contributed by atoms with Crippen LogP contribution in [0.25, 0.3) is 5.69 Å². The molecular weight excluding hydrogens is 387 g/mol. The minimum Gasteiger partial charge on any atom is -0.476 e. The van der Waals surface area contributed by atoms with Gasteiger partial charge in [0, 0.05) is 14.2 Å². The lowest BCUT2D eigenvalue weighted by atomic mass is 10.3. The molecular formula is C10H6BrIN2O2. The summed E-state index contributed by atoms with van der Waals surface area (Å²) < 4.78 is 3.50. The molecule has 0 radical (unpaired) electrons. The van der Waals surface area contributed by atoms with E-state index in [0.717, 1.165) is 13.7 Å². The third-order valence-corrected chi connectivity index (χ3v) is 3.27. The summed E-state index contributed by atoms with van der Waals surface area (Å²) in [7, 11) is 0. The van der Waals surface area contributed by atoms with Gasteiger partial charge in [-0.15, -0.1) is 0 Å². The molecule has 0 aliphatic rings. The van der Waals surface area contributed by atoms with Crippen molar-refractivity contribution in [1.29, 1.82) is 0 Å². The van der Waals surface area contributed by atoms with Crippen LogP contribution in [0.15, 0.2) is 34.9 Å². The molecule has 0 saturated heterocycles. The quantitative estimate of drug-likeness (QED) is 0.799. The Morgan fingerprint density at radius 2 is 2.19 bits per heavy atom. The highest BCUT2D eigenvalue weighted by Gasteiger charge is 2.09. The molecule has 2 aromatic rings. The lowest BCUT2D eigenvalue weighted by Crippen LogP contribution is -2.01. The van der Waals surface area contributed by atoms with Crippen molar-refractivity contribution >= 4 is 44.5 Å². The summed E-state index contributed by atoms with van der Waals surface area (Å²) >= 11 is 5.62. The number of hydrogen-bond acceptors (Lipinski definition) is 2. The molecule has 0 amide bonds. The number of aromatic carboxylic acids is 1. The number of aromatic nitrogens is 2. The van der Waals surface area contributed by atoms with E-state index in [9.17, 15) is 4.79 Å². The van der Waals surface area contributed by atoms with Gasteiger partial charge in [0.2, 0.25) is 0 Å². The van der Waals surface area contributed by atoms with E-state index in [2.05, 4.69) is 43.6 Å². The maximum Gasteiger partial charge on any atom is 0.356 e. The Labute approximate surface area is 114 Å². The molecule has 0 unspecified atom stereocenters. The molecule has 1 heterocycles. The van der Waals surface area contributed by atoms with Gasteiger partial charge in [0.05, 0.1) is 5.69 Å². The molecule has 82 valence electrons. The Hall–Kier alpha value is -0.890. The van der Waals surface area contributed by atoms with Gasteiger partial charge in [-0.1, -0.05) is 0 Å². The summed E-state index contributed by atoms with van der Waals surface area (Å²) in [6.45, 7) is 0. The van der Waals surface area contributed by atoms with Crippen LogP contribution >= 0.6 is 38.5 Å². The van der Waals surface area contributed by atoms with Crippen molar-refractivity contribution in [3.8, 4) is 5.69 Å². The molecule has 0 fully saturated rings. The van der Waals surface area contributed by atoms with Crippen molar-refractivity contribution in [2.24, 2.45) is 0 Å². The van der Waals surface area contributed by atoms with Gasteiger partial charge in [-0.3, -0.25) is 0 Å². The van der Waals surface area contributed by atoms with Crippen molar-refractivity contribution in [3.63, 3.8) is 0 Å². The van der Waals surface area contributed by atoms with Gasteiger partial charge < -0.3 is 5.11 Å². The number of nitrogens with zero attached hydrogens (tertiary/aromatic N) is 2. The fourth-order valence-electron chi connectivity index (χ4n) is 1.24. The summed E-state index contributed by atoms with van der Waals surface area (Å²) in [6.07, 6.45) is 1.62. The fourth-order valence-corrected chi connectivity index (χ4v) is 2.72. The SMILES string of the molecule is O=C(O)c1ccn(-c2ccc(I)cc2Br)n1. The van der Waals surface area contributed by atoms with Crippen LogP contribution in [0.5, 0.6) is 0 Å². The van der Waals surface area contributed by atoms with Crippen LogP contribution in [0.1, 0.15) is 10.5 Å². The van der Waals surface area contributed by atoms with E-state index >= 15 is 0 Å². The van der Waals surface area contributed by atoms with Gasteiger partial charge in [0.15, 0.2) is 5.69 Å². The zero-order valence-electron chi connectivity index (χ0n) is 7.89. The molecule has 6 heteroatoms. The molecule has 1 aromatic heterocycles. The smallest absolute Gasteiger partial charge is 0.356 e. The van der Waals surface area contributed by atoms with Crippen molar-refractivity contribution in [2.45, 2.75) is 0 Å². The topological polar surface area (TPSA) is 55.1 Å². The predicted octanol–water partition coefficient (Wildman–Crippen LogP) is 2.94. The van der Waals surface area contributed by atoms with Gasteiger partial charge in [-0.25, -0.2) is 9.48 Å². The zero-order valence-corrected chi connectivity index (χ0v) is 11.6. The fraction of sp³-hybridized carbons (Fsp3) is 0. The monoisotopic (exact) mass is 392 g/mol. The summed E-state index contributed by atoms with van der Waals surface area (Å²) in [5.74, 6) is -1.03. The Kier molecular flexibility index (Phi) is 3.29. The average molecular weight is 393 g/mol. The minimum absolute atomic E-state index is 0.0328. The van der Waals surface area contributed by atoms with E-state index in [1.807, 2.05) is 18.2 Å². The van der Waals surface area contributed by atoms with Crippen molar-refractivity contribution in [1.82, 2.24) is 9.78 Å². The maximum atomic E-state index is 10.7. The third-order valence-electron chi connectivity index (χ3n) is 1.96. The highest BCUT2D eigenvalue weighted by atomic mass is 127. The lowest BCUT2D eigenvalue weighted by molar-refractivity contribution is 0.0690. The van der Waals surface area contributed by atoms with E-state index in [0.29, 0.717) is 0 Å². The van der Waals surface area contributed by atoms with Crippen LogP contribution in [0.3, 0.4) is 0 Å². The molecule has 4 nitrogen and oxygen atoms in total. The van der Waals surface area contributed by atoms with Crippen molar-refractivity contribution in [2.75, 3.05) is 0 Å². The van der Waals surface area contributed by atoms with Crippen LogP contribution in [-0.4, -0.2) is 20.9 Å². The predicted molar refractivity (Wildman–Crippen MR) is 70.9 cm³/mol. The Balaban J connectivity index is 2.46. The molecule has 0 atom stereocenters. The summed E-state index contributed by atoms with van der Waals surface area (Å²) in [4.78, 5) is 10.7. The Bertz CT molecular complexity index is 554. The number of hydrogen-bond donors (Lipinski definition) is 1. The highest BCUT2D eigenvalue weighted by molar-refractivity contribution is 14.1. The molecule has 1 N–H and O–H groups in total. The Morgan fingerprint density at radius 3 is 2.75 bits per heavy atom. The first-order valence-corrected chi connectivity index (χ1v) is 6.19. The number of carboxylic acids is 1.